The lowest BCUT2D eigenvalue weighted by Crippen LogP contribution is -2.22. The highest BCUT2D eigenvalue weighted by Crippen LogP contribution is 2.31. The Morgan fingerprint density at radius 3 is 2.41 bits per heavy atom. The molecule has 0 heterocycles. The van der Waals surface area contributed by atoms with Gasteiger partial charge in [0.05, 0.1) is 13.0 Å². The molecular formula is C13H18O3S. The molecule has 0 saturated heterocycles. The first-order valence-corrected chi connectivity index (χ1v) is 6.50. The lowest BCUT2D eigenvalue weighted by molar-refractivity contribution is -0.141. The Morgan fingerprint density at radius 2 is 2.00 bits per heavy atom. The highest BCUT2D eigenvalue weighted by atomic mass is 32.2. The van der Waals surface area contributed by atoms with Crippen molar-refractivity contribution in [1.82, 2.24) is 0 Å². The van der Waals surface area contributed by atoms with Crippen LogP contribution in [0.25, 0.3) is 0 Å². The molecule has 1 aromatic carbocycles. The number of hydrogen-bond acceptors (Lipinski definition) is 3. The fraction of sp³-hybridized carbons (Fsp3) is 0.462. The number of benzene rings is 1. The van der Waals surface area contributed by atoms with Crippen LogP contribution < -0.4 is 4.74 Å². The van der Waals surface area contributed by atoms with E-state index in [2.05, 4.69) is 0 Å². The second kappa shape index (κ2) is 6.55. The zero-order valence-electron chi connectivity index (χ0n) is 10.3. The van der Waals surface area contributed by atoms with Gasteiger partial charge in [-0.3, -0.25) is 4.79 Å². The van der Waals surface area contributed by atoms with Crippen molar-refractivity contribution < 1.29 is 14.6 Å². The van der Waals surface area contributed by atoms with Crippen molar-refractivity contribution in [2.45, 2.75) is 30.4 Å². The molecule has 0 spiro atoms. The van der Waals surface area contributed by atoms with E-state index in [0.717, 1.165) is 17.1 Å². The van der Waals surface area contributed by atoms with Crippen LogP contribution in [0.15, 0.2) is 29.2 Å². The van der Waals surface area contributed by atoms with Gasteiger partial charge in [-0.05, 0) is 30.7 Å². The third-order valence-electron chi connectivity index (χ3n) is 2.70. The summed E-state index contributed by atoms with van der Waals surface area (Å²) in [7, 11) is 1.63. The molecule has 0 aliphatic rings. The average Bonchev–Trinajstić information content (AvgIpc) is 2.35. The van der Waals surface area contributed by atoms with Crippen LogP contribution in [0.1, 0.15) is 20.3 Å². The van der Waals surface area contributed by atoms with Crippen molar-refractivity contribution >= 4 is 17.7 Å². The minimum atomic E-state index is -0.738. The number of aliphatic carboxylic acids is 1. The average molecular weight is 254 g/mol. The molecule has 3 nitrogen and oxygen atoms in total. The van der Waals surface area contributed by atoms with Gasteiger partial charge in [-0.25, -0.2) is 0 Å². The first-order chi connectivity index (χ1) is 8.08. The van der Waals surface area contributed by atoms with Crippen molar-refractivity contribution in [2.24, 2.45) is 5.92 Å². The molecule has 1 aromatic rings. The maximum Gasteiger partial charge on any atom is 0.307 e. The number of carboxylic acids is 1. The highest BCUT2D eigenvalue weighted by molar-refractivity contribution is 8.00. The Morgan fingerprint density at radius 1 is 1.41 bits per heavy atom. The lowest BCUT2D eigenvalue weighted by Gasteiger charge is -2.18. The smallest absolute Gasteiger partial charge is 0.307 e. The van der Waals surface area contributed by atoms with Crippen LogP contribution >= 0.6 is 11.8 Å². The Labute approximate surface area is 106 Å². The third kappa shape index (κ3) is 3.97. The number of carboxylic acid groups (broad SMARTS) is 1. The maximum atomic E-state index is 11.0. The van der Waals surface area contributed by atoms with E-state index in [0.29, 0.717) is 0 Å². The fourth-order valence-corrected chi connectivity index (χ4v) is 2.66. The zero-order chi connectivity index (χ0) is 12.8. The summed E-state index contributed by atoms with van der Waals surface area (Å²) >= 11 is 1.61. The van der Waals surface area contributed by atoms with Crippen molar-refractivity contribution in [3.05, 3.63) is 24.3 Å². The van der Waals surface area contributed by atoms with E-state index in [1.807, 2.05) is 31.2 Å². The molecule has 0 aliphatic heterocycles. The third-order valence-corrected chi connectivity index (χ3v) is 4.29. The SMILES string of the molecule is CCC(Sc1ccc(OC)cc1)C(C)C(=O)O. The standard InChI is InChI=1S/C13H18O3S/c1-4-12(9(2)13(14)15)17-11-7-5-10(16-3)6-8-11/h5-9,12H,4H2,1-3H3,(H,14,15). The van der Waals surface area contributed by atoms with Crippen LogP contribution in [0.5, 0.6) is 5.75 Å². The Hall–Kier alpha value is -1.16. The summed E-state index contributed by atoms with van der Waals surface area (Å²) in [6.45, 7) is 3.77. The van der Waals surface area contributed by atoms with E-state index in [-0.39, 0.29) is 11.2 Å². The molecule has 0 aliphatic carbocycles. The number of ether oxygens (including phenoxy) is 1. The van der Waals surface area contributed by atoms with E-state index in [1.165, 1.54) is 0 Å². The second-order valence-corrected chi connectivity index (χ2v) is 5.18. The molecule has 0 saturated carbocycles. The van der Waals surface area contributed by atoms with Crippen LogP contribution in [-0.2, 0) is 4.79 Å². The van der Waals surface area contributed by atoms with Crippen molar-refractivity contribution in [3.63, 3.8) is 0 Å². The fourth-order valence-electron chi connectivity index (χ4n) is 1.53. The van der Waals surface area contributed by atoms with Gasteiger partial charge >= 0.3 is 5.97 Å². The minimum Gasteiger partial charge on any atom is -0.497 e. The van der Waals surface area contributed by atoms with Crippen molar-refractivity contribution in [2.75, 3.05) is 7.11 Å². The van der Waals surface area contributed by atoms with E-state index in [1.54, 1.807) is 25.8 Å². The molecule has 1 N–H and O–H groups in total. The summed E-state index contributed by atoms with van der Waals surface area (Å²) in [5.41, 5.74) is 0. The lowest BCUT2D eigenvalue weighted by atomic mass is 10.1. The summed E-state index contributed by atoms with van der Waals surface area (Å²) in [6, 6.07) is 7.70. The van der Waals surface area contributed by atoms with Crippen LogP contribution in [-0.4, -0.2) is 23.4 Å². The van der Waals surface area contributed by atoms with Gasteiger partial charge in [-0.15, -0.1) is 11.8 Å². The second-order valence-electron chi connectivity index (χ2n) is 3.87. The minimum absolute atomic E-state index is 0.0981. The Kier molecular flexibility index (Phi) is 5.35. The first kappa shape index (κ1) is 13.9. The Balaban J connectivity index is 2.70. The quantitative estimate of drug-likeness (QED) is 0.791. The predicted molar refractivity (Wildman–Crippen MR) is 69.7 cm³/mol. The van der Waals surface area contributed by atoms with Gasteiger partial charge in [0.25, 0.3) is 0 Å². The van der Waals surface area contributed by atoms with Gasteiger partial charge in [0.15, 0.2) is 0 Å². The monoisotopic (exact) mass is 254 g/mol. The van der Waals surface area contributed by atoms with E-state index in [9.17, 15) is 4.79 Å². The molecule has 0 aromatic heterocycles. The maximum absolute atomic E-state index is 11.0. The molecule has 1 rings (SSSR count). The first-order valence-electron chi connectivity index (χ1n) is 5.62. The summed E-state index contributed by atoms with van der Waals surface area (Å²) in [5.74, 6) is -0.265. The molecule has 2 atom stereocenters. The molecule has 2 unspecified atom stereocenters. The van der Waals surface area contributed by atoms with Crippen LogP contribution in [0, 0.1) is 5.92 Å². The van der Waals surface area contributed by atoms with E-state index >= 15 is 0 Å². The van der Waals surface area contributed by atoms with Gasteiger partial charge in [-0.2, -0.15) is 0 Å². The number of thioether (sulfide) groups is 1. The van der Waals surface area contributed by atoms with Crippen LogP contribution in [0.4, 0.5) is 0 Å². The number of methoxy groups -OCH3 is 1. The molecule has 0 radical (unpaired) electrons. The van der Waals surface area contributed by atoms with Gasteiger partial charge in [0.2, 0.25) is 0 Å². The summed E-state index contributed by atoms with van der Waals surface area (Å²) in [4.78, 5) is 12.0. The molecule has 0 bridgehead atoms. The molecule has 94 valence electrons. The zero-order valence-corrected chi connectivity index (χ0v) is 11.2. The van der Waals surface area contributed by atoms with Gasteiger partial charge in [-0.1, -0.05) is 13.8 Å². The van der Waals surface area contributed by atoms with Crippen LogP contribution in [0.2, 0.25) is 0 Å². The number of rotatable bonds is 6. The predicted octanol–water partition coefficient (Wildman–Crippen LogP) is 3.29. The summed E-state index contributed by atoms with van der Waals surface area (Å²) in [6.07, 6.45) is 0.837. The number of carbonyl (C=O) groups is 1. The van der Waals surface area contributed by atoms with Gasteiger partial charge in [0.1, 0.15) is 5.75 Å². The topological polar surface area (TPSA) is 46.5 Å². The molecule has 17 heavy (non-hydrogen) atoms. The van der Waals surface area contributed by atoms with Gasteiger partial charge in [0, 0.05) is 10.1 Å². The largest absolute Gasteiger partial charge is 0.497 e. The normalized spacial score (nSPS) is 14.1. The Bertz CT molecular complexity index is 361. The highest BCUT2D eigenvalue weighted by Gasteiger charge is 2.22. The summed E-state index contributed by atoms with van der Waals surface area (Å²) < 4.78 is 5.08. The van der Waals surface area contributed by atoms with Crippen LogP contribution in [0.3, 0.4) is 0 Å². The molecule has 4 heteroatoms. The van der Waals surface area contributed by atoms with Crippen molar-refractivity contribution in [1.29, 1.82) is 0 Å². The molecule has 0 fully saturated rings. The van der Waals surface area contributed by atoms with Gasteiger partial charge < -0.3 is 9.84 Å². The number of hydrogen-bond donors (Lipinski definition) is 1. The van der Waals surface area contributed by atoms with Crippen molar-refractivity contribution in [3.8, 4) is 5.75 Å². The van der Waals surface area contributed by atoms with E-state index in [4.69, 9.17) is 9.84 Å². The molecule has 0 amide bonds. The summed E-state index contributed by atoms with van der Waals surface area (Å²) in [5, 5.41) is 9.11. The van der Waals surface area contributed by atoms with E-state index < -0.39 is 5.97 Å². The molecular weight excluding hydrogens is 236 g/mol.